The second-order valence-electron chi connectivity index (χ2n) is 18.0. The monoisotopic (exact) mass is 838 g/mol. The molecule has 14 heteroatoms. The Morgan fingerprint density at radius 3 is 2.12 bits per heavy atom. The zero-order valence-corrected chi connectivity index (χ0v) is 38.7. The molecule has 1 aromatic heterocycles. The number of aromatic amines is 1. The molecule has 0 unspecified atom stereocenters. The first-order chi connectivity index (χ1) is 28.4. The fourth-order valence-electron chi connectivity index (χ4n) is 9.09. The van der Waals surface area contributed by atoms with E-state index in [-0.39, 0.29) is 84.8 Å². The van der Waals surface area contributed by atoms with Gasteiger partial charge in [-0.25, -0.2) is 4.98 Å². The largest absolute Gasteiger partial charge is 0.379 e. The Kier molecular flexibility index (Phi) is 20.0. The average molecular weight is 838 g/mol. The number of nitrogens with zero attached hydrogens (tertiary/aromatic N) is 5. The fraction of sp³-hybridized carbons (Fsp3) is 0.717. The first kappa shape index (κ1) is 50.3. The third-order valence-corrected chi connectivity index (χ3v) is 12.7. The maximum absolute atomic E-state index is 14.4. The summed E-state index contributed by atoms with van der Waals surface area (Å²) in [6.45, 7) is 16.7. The second-order valence-corrected chi connectivity index (χ2v) is 18.0. The average Bonchev–Trinajstić information content (AvgIpc) is 3.91. The van der Waals surface area contributed by atoms with Gasteiger partial charge >= 0.3 is 0 Å². The van der Waals surface area contributed by atoms with Gasteiger partial charge in [-0.15, -0.1) is 0 Å². The van der Waals surface area contributed by atoms with Gasteiger partial charge in [-0.05, 0) is 57.2 Å². The predicted molar refractivity (Wildman–Crippen MR) is 233 cm³/mol. The first-order valence-electron chi connectivity index (χ1n) is 21.9. The smallest absolute Gasteiger partial charge is 0.226 e. The van der Waals surface area contributed by atoms with Crippen LogP contribution in [0.15, 0.2) is 30.6 Å². The van der Waals surface area contributed by atoms with E-state index in [1.54, 1.807) is 26.2 Å². The molecule has 0 spiro atoms. The van der Waals surface area contributed by atoms with Crippen molar-refractivity contribution in [2.45, 2.75) is 137 Å². The number of amides is 3. The van der Waals surface area contributed by atoms with Crippen molar-refractivity contribution in [2.75, 3.05) is 41.9 Å². The lowest BCUT2D eigenvalue weighted by Crippen LogP contribution is -2.54. The van der Waals surface area contributed by atoms with Crippen molar-refractivity contribution < 1.29 is 33.4 Å². The number of carbonyl (C=O) groups excluding carboxylic acids is 5. The Balaban J connectivity index is 1.78. The Morgan fingerprint density at radius 2 is 1.58 bits per heavy atom. The number of carbonyl (C=O) groups is 5. The number of aromatic nitrogens is 3. The number of ketones is 2. The molecule has 0 radical (unpaired) electrons. The number of rotatable bonds is 25. The Morgan fingerprint density at radius 1 is 0.917 bits per heavy atom. The highest BCUT2D eigenvalue weighted by atomic mass is 16.5. The van der Waals surface area contributed by atoms with Crippen molar-refractivity contribution in [2.24, 2.45) is 35.5 Å². The van der Waals surface area contributed by atoms with Gasteiger partial charge in [0.1, 0.15) is 17.9 Å². The van der Waals surface area contributed by atoms with Crippen molar-refractivity contribution >= 4 is 29.3 Å². The molecule has 60 heavy (non-hydrogen) atoms. The summed E-state index contributed by atoms with van der Waals surface area (Å²) in [4.78, 5) is 79.7. The number of ether oxygens (including phenoxy) is 2. The van der Waals surface area contributed by atoms with Gasteiger partial charge in [0, 0.05) is 65.5 Å². The van der Waals surface area contributed by atoms with Crippen LogP contribution in [0, 0.1) is 42.4 Å². The molecular formula is C46H75N7O7. The lowest BCUT2D eigenvalue weighted by molar-refractivity contribution is -0.149. The molecule has 1 aliphatic heterocycles. The number of nitrogens with one attached hydrogen (secondary N) is 2. The summed E-state index contributed by atoms with van der Waals surface area (Å²) in [6.07, 6.45) is 2.62. The number of H-pyrrole nitrogens is 1. The topological polar surface area (TPSA) is 167 Å². The van der Waals surface area contributed by atoms with Gasteiger partial charge in [0.2, 0.25) is 17.7 Å². The van der Waals surface area contributed by atoms with Gasteiger partial charge in [-0.1, -0.05) is 84.7 Å². The Labute approximate surface area is 359 Å². The van der Waals surface area contributed by atoms with Crippen LogP contribution < -0.4 is 5.32 Å². The SMILES string of the molecule is CC[C@H](C)[C@@H]([C@@H](CC(=O)N1CCC[C@H]1[C@H](OC)[C@@H](C)C(=O)C[C@@H](Cc1ncn[nH]1)C(=O)NCc1ccc(C)cc1)OC)N(C)C(=O)[C@@H](CC(=O)[C@H](C(C)C)N(C)C)C(C)C. The number of Topliss-reactive ketones (excluding diaryl/α,β-unsaturated/α-hetero) is 2. The lowest BCUT2D eigenvalue weighted by Gasteiger charge is -2.41. The molecule has 0 aliphatic carbocycles. The molecule has 9 atom stereocenters. The minimum absolute atomic E-state index is 0.0110. The maximum Gasteiger partial charge on any atom is 0.226 e. The molecule has 14 nitrogen and oxygen atoms in total. The van der Waals surface area contributed by atoms with E-state index in [0.717, 1.165) is 24.0 Å². The fourth-order valence-corrected chi connectivity index (χ4v) is 9.09. The number of likely N-dealkylation sites (N-methyl/N-ethyl adjacent to an activating group) is 2. The van der Waals surface area contributed by atoms with Crippen molar-refractivity contribution in [3.05, 3.63) is 47.5 Å². The van der Waals surface area contributed by atoms with Crippen molar-refractivity contribution in [3.63, 3.8) is 0 Å². The standard InChI is InChI=1S/C46H75N7O7/c1-14-31(7)43(52(11)46(58)35(28(2)3)24-38(55)42(29(4)5)51(9)10)39(59-12)25-41(56)53-21-15-16-36(53)44(60-13)32(8)37(54)22-34(23-40-48-27-49-50-40)45(57)47-26-33-19-17-30(6)18-20-33/h17-20,27-29,31-32,34-36,39,42-44H,14-16,21-26H2,1-13H3,(H,47,57)(H,48,49,50)/t31-,32-,34-,35-,36-,39+,42-,43-,44+/m0/s1. The van der Waals surface area contributed by atoms with Crippen LogP contribution in [-0.4, -0.2) is 131 Å². The highest BCUT2D eigenvalue weighted by Gasteiger charge is 2.43. The van der Waals surface area contributed by atoms with Gasteiger partial charge in [-0.3, -0.25) is 34.0 Å². The van der Waals surface area contributed by atoms with E-state index in [1.807, 2.05) is 89.7 Å². The summed E-state index contributed by atoms with van der Waals surface area (Å²) in [5.41, 5.74) is 2.07. The highest BCUT2D eigenvalue weighted by Crippen LogP contribution is 2.32. The molecule has 3 rings (SSSR count). The summed E-state index contributed by atoms with van der Waals surface area (Å²) in [6, 6.07) is 6.81. The molecule has 2 aromatic rings. The molecule has 1 fully saturated rings. The van der Waals surface area contributed by atoms with Gasteiger partial charge < -0.3 is 24.6 Å². The zero-order valence-electron chi connectivity index (χ0n) is 38.7. The van der Waals surface area contributed by atoms with Crippen LogP contribution in [0.3, 0.4) is 0 Å². The van der Waals surface area contributed by atoms with Crippen LogP contribution in [0.4, 0.5) is 0 Å². The quantitative estimate of drug-likeness (QED) is 0.134. The zero-order chi connectivity index (χ0) is 44.8. The van der Waals surface area contributed by atoms with E-state index in [1.165, 1.54) is 6.33 Å². The molecule has 2 N–H and O–H groups in total. The molecule has 336 valence electrons. The van der Waals surface area contributed by atoms with Crippen LogP contribution in [-0.2, 0) is 46.4 Å². The van der Waals surface area contributed by atoms with E-state index in [4.69, 9.17) is 9.47 Å². The number of benzene rings is 1. The number of aryl methyl sites for hydroxylation is 1. The Hall–Kier alpha value is -4.01. The van der Waals surface area contributed by atoms with Crippen molar-refractivity contribution in [3.8, 4) is 0 Å². The molecule has 2 heterocycles. The van der Waals surface area contributed by atoms with Gasteiger partial charge in [0.25, 0.3) is 0 Å². The normalized spacial score (nSPS) is 18.5. The minimum Gasteiger partial charge on any atom is -0.379 e. The molecule has 0 bridgehead atoms. The maximum atomic E-state index is 14.4. The van der Waals surface area contributed by atoms with E-state index in [2.05, 4.69) is 34.3 Å². The van der Waals surface area contributed by atoms with Gasteiger partial charge in [0.15, 0.2) is 5.78 Å². The number of hydrogen-bond donors (Lipinski definition) is 2. The summed E-state index contributed by atoms with van der Waals surface area (Å²) in [5.74, 6) is -1.96. The summed E-state index contributed by atoms with van der Waals surface area (Å²) in [7, 11) is 8.69. The van der Waals surface area contributed by atoms with Gasteiger partial charge in [-0.2, -0.15) is 5.10 Å². The molecule has 1 aliphatic rings. The van der Waals surface area contributed by atoms with E-state index in [9.17, 15) is 24.0 Å². The van der Waals surface area contributed by atoms with Crippen molar-refractivity contribution in [1.82, 2.24) is 35.2 Å². The minimum atomic E-state index is -0.699. The van der Waals surface area contributed by atoms with Crippen LogP contribution in [0.1, 0.15) is 104 Å². The second kappa shape index (κ2) is 23.8. The lowest BCUT2D eigenvalue weighted by atomic mass is 9.83. The molecule has 1 saturated heterocycles. The van der Waals surface area contributed by atoms with Crippen LogP contribution in [0.5, 0.6) is 0 Å². The number of likely N-dealkylation sites (tertiary alicyclic amines) is 1. The third-order valence-electron chi connectivity index (χ3n) is 12.7. The summed E-state index contributed by atoms with van der Waals surface area (Å²) < 4.78 is 12.1. The van der Waals surface area contributed by atoms with Crippen molar-refractivity contribution in [1.29, 1.82) is 0 Å². The Bertz CT molecular complexity index is 1660. The van der Waals surface area contributed by atoms with Crippen LogP contribution in [0.25, 0.3) is 0 Å². The summed E-state index contributed by atoms with van der Waals surface area (Å²) in [5, 5.41) is 9.74. The molecule has 1 aromatic carbocycles. The molecule has 3 amide bonds. The van der Waals surface area contributed by atoms with Crippen LogP contribution in [0.2, 0.25) is 0 Å². The third kappa shape index (κ3) is 13.5. The first-order valence-corrected chi connectivity index (χ1v) is 21.9. The molecule has 0 saturated carbocycles. The molecular weight excluding hydrogens is 763 g/mol. The number of methoxy groups -OCH3 is 2. The summed E-state index contributed by atoms with van der Waals surface area (Å²) >= 11 is 0. The van der Waals surface area contributed by atoms with Crippen LogP contribution >= 0.6 is 0 Å². The number of hydrogen-bond acceptors (Lipinski definition) is 10. The predicted octanol–water partition coefficient (Wildman–Crippen LogP) is 5.29. The van der Waals surface area contributed by atoms with E-state index < -0.39 is 36.0 Å². The van der Waals surface area contributed by atoms with Gasteiger partial charge in [0.05, 0.1) is 42.7 Å². The highest BCUT2D eigenvalue weighted by molar-refractivity contribution is 5.90. The van der Waals surface area contributed by atoms with E-state index >= 15 is 0 Å². The van der Waals surface area contributed by atoms with E-state index in [0.29, 0.717) is 25.3 Å².